The Morgan fingerprint density at radius 2 is 2.00 bits per heavy atom. The van der Waals surface area contributed by atoms with Crippen LogP contribution in [0.25, 0.3) is 0 Å². The SMILES string of the molecule is CC(C)OCCCCNC1CCCC1S(C)(=O)=O. The summed E-state index contributed by atoms with van der Waals surface area (Å²) in [6.07, 6.45) is 6.54. The maximum Gasteiger partial charge on any atom is 0.151 e. The van der Waals surface area contributed by atoms with Crippen molar-refractivity contribution in [3.05, 3.63) is 0 Å². The molecule has 0 aromatic rings. The fourth-order valence-corrected chi connectivity index (χ4v) is 3.93. The van der Waals surface area contributed by atoms with Gasteiger partial charge in [0, 0.05) is 18.9 Å². The summed E-state index contributed by atoms with van der Waals surface area (Å²) in [7, 11) is -2.90. The maximum atomic E-state index is 11.6. The van der Waals surface area contributed by atoms with E-state index in [-0.39, 0.29) is 11.3 Å². The average molecular weight is 277 g/mol. The van der Waals surface area contributed by atoms with E-state index in [2.05, 4.69) is 5.32 Å². The van der Waals surface area contributed by atoms with Crippen LogP contribution in [0.5, 0.6) is 0 Å². The number of hydrogen-bond donors (Lipinski definition) is 1. The van der Waals surface area contributed by atoms with E-state index in [0.29, 0.717) is 6.10 Å². The molecule has 2 unspecified atom stereocenters. The zero-order chi connectivity index (χ0) is 13.6. The average Bonchev–Trinajstić information content (AvgIpc) is 2.70. The van der Waals surface area contributed by atoms with Gasteiger partial charge in [-0.3, -0.25) is 0 Å². The molecule has 0 bridgehead atoms. The van der Waals surface area contributed by atoms with Crippen LogP contribution in [0.15, 0.2) is 0 Å². The molecule has 1 fully saturated rings. The smallest absolute Gasteiger partial charge is 0.151 e. The largest absolute Gasteiger partial charge is 0.379 e. The van der Waals surface area contributed by atoms with Crippen molar-refractivity contribution in [3.63, 3.8) is 0 Å². The van der Waals surface area contributed by atoms with Gasteiger partial charge in [-0.05, 0) is 46.1 Å². The first-order valence-electron chi connectivity index (χ1n) is 6.95. The number of hydrogen-bond acceptors (Lipinski definition) is 4. The van der Waals surface area contributed by atoms with Crippen LogP contribution in [-0.2, 0) is 14.6 Å². The summed E-state index contributed by atoms with van der Waals surface area (Å²) in [4.78, 5) is 0. The molecular formula is C13H27NO3S. The Morgan fingerprint density at radius 3 is 2.61 bits per heavy atom. The van der Waals surface area contributed by atoms with Gasteiger partial charge in [-0.2, -0.15) is 0 Å². The summed E-state index contributed by atoms with van der Waals surface area (Å²) in [6, 6.07) is 0.158. The summed E-state index contributed by atoms with van der Waals surface area (Å²) in [5, 5.41) is 3.22. The van der Waals surface area contributed by atoms with Gasteiger partial charge in [0.2, 0.25) is 0 Å². The molecule has 0 saturated heterocycles. The fraction of sp³-hybridized carbons (Fsp3) is 1.00. The second kappa shape index (κ2) is 7.46. The first-order chi connectivity index (χ1) is 8.41. The van der Waals surface area contributed by atoms with Crippen molar-refractivity contribution < 1.29 is 13.2 Å². The lowest BCUT2D eigenvalue weighted by Gasteiger charge is -2.19. The molecule has 5 heteroatoms. The molecule has 0 amide bonds. The van der Waals surface area contributed by atoms with Crippen molar-refractivity contribution in [3.8, 4) is 0 Å². The Labute approximate surface area is 111 Å². The normalized spacial score (nSPS) is 24.9. The van der Waals surface area contributed by atoms with Crippen LogP contribution in [0.4, 0.5) is 0 Å². The Hall–Kier alpha value is -0.130. The van der Waals surface area contributed by atoms with Gasteiger partial charge >= 0.3 is 0 Å². The molecule has 0 aromatic carbocycles. The molecule has 4 nitrogen and oxygen atoms in total. The second-order valence-electron chi connectivity index (χ2n) is 5.49. The van der Waals surface area contributed by atoms with Crippen molar-refractivity contribution in [2.45, 2.75) is 63.3 Å². The highest BCUT2D eigenvalue weighted by molar-refractivity contribution is 7.91. The Bertz CT molecular complexity index is 327. The summed E-state index contributed by atoms with van der Waals surface area (Å²) in [6.45, 7) is 5.75. The lowest BCUT2D eigenvalue weighted by atomic mass is 10.2. The molecule has 0 aromatic heterocycles. The highest BCUT2D eigenvalue weighted by Gasteiger charge is 2.33. The van der Waals surface area contributed by atoms with Gasteiger partial charge < -0.3 is 10.1 Å². The van der Waals surface area contributed by atoms with Crippen LogP contribution in [0, 0.1) is 0 Å². The standard InChI is InChI=1S/C13H27NO3S/c1-11(2)17-10-5-4-9-14-12-7-6-8-13(12)18(3,15)16/h11-14H,4-10H2,1-3H3. The van der Waals surface area contributed by atoms with Crippen LogP contribution in [0.3, 0.4) is 0 Å². The molecule has 108 valence electrons. The minimum atomic E-state index is -2.90. The van der Waals surface area contributed by atoms with Gasteiger partial charge in [-0.25, -0.2) is 8.42 Å². The van der Waals surface area contributed by atoms with Gasteiger partial charge in [0.25, 0.3) is 0 Å². The predicted molar refractivity (Wildman–Crippen MR) is 74.6 cm³/mol. The highest BCUT2D eigenvalue weighted by Crippen LogP contribution is 2.24. The molecule has 2 atom stereocenters. The number of rotatable bonds is 8. The third-order valence-electron chi connectivity index (χ3n) is 3.43. The van der Waals surface area contributed by atoms with Crippen molar-refractivity contribution in [2.24, 2.45) is 0 Å². The summed E-state index contributed by atoms with van der Waals surface area (Å²) >= 11 is 0. The summed E-state index contributed by atoms with van der Waals surface area (Å²) < 4.78 is 28.7. The minimum absolute atomic E-state index is 0.158. The highest BCUT2D eigenvalue weighted by atomic mass is 32.2. The van der Waals surface area contributed by atoms with E-state index in [0.717, 1.165) is 45.3 Å². The molecule has 1 N–H and O–H groups in total. The van der Waals surface area contributed by atoms with E-state index in [1.807, 2.05) is 13.8 Å². The quantitative estimate of drug-likeness (QED) is 0.687. The van der Waals surface area contributed by atoms with E-state index in [1.54, 1.807) is 0 Å². The van der Waals surface area contributed by atoms with Gasteiger partial charge in [0.15, 0.2) is 9.84 Å². The minimum Gasteiger partial charge on any atom is -0.379 e. The molecule has 1 aliphatic carbocycles. The van der Waals surface area contributed by atoms with E-state index >= 15 is 0 Å². The molecule has 0 aliphatic heterocycles. The van der Waals surface area contributed by atoms with Gasteiger partial charge in [0.1, 0.15) is 0 Å². The monoisotopic (exact) mass is 277 g/mol. The predicted octanol–water partition coefficient (Wildman–Crippen LogP) is 1.75. The van der Waals surface area contributed by atoms with Crippen molar-refractivity contribution in [2.75, 3.05) is 19.4 Å². The molecule has 1 aliphatic rings. The molecule has 0 spiro atoms. The van der Waals surface area contributed by atoms with E-state index in [1.165, 1.54) is 6.26 Å². The lowest BCUT2D eigenvalue weighted by molar-refractivity contribution is 0.0759. The molecule has 1 saturated carbocycles. The number of ether oxygens (including phenoxy) is 1. The number of sulfone groups is 1. The number of nitrogens with one attached hydrogen (secondary N) is 1. The van der Waals surface area contributed by atoms with E-state index in [4.69, 9.17) is 4.74 Å². The van der Waals surface area contributed by atoms with Crippen LogP contribution < -0.4 is 5.32 Å². The lowest BCUT2D eigenvalue weighted by Crippen LogP contribution is -2.40. The van der Waals surface area contributed by atoms with Crippen molar-refractivity contribution in [1.29, 1.82) is 0 Å². The third kappa shape index (κ3) is 5.67. The second-order valence-corrected chi connectivity index (χ2v) is 7.75. The zero-order valence-corrected chi connectivity index (χ0v) is 12.6. The number of unbranched alkanes of at least 4 members (excludes halogenated alkanes) is 1. The topological polar surface area (TPSA) is 55.4 Å². The van der Waals surface area contributed by atoms with Crippen molar-refractivity contribution >= 4 is 9.84 Å². The van der Waals surface area contributed by atoms with E-state index < -0.39 is 9.84 Å². The van der Waals surface area contributed by atoms with Crippen molar-refractivity contribution in [1.82, 2.24) is 5.32 Å². The van der Waals surface area contributed by atoms with Crippen LogP contribution in [0.1, 0.15) is 46.0 Å². The maximum absolute atomic E-state index is 11.6. The third-order valence-corrected chi connectivity index (χ3v) is 5.10. The molecular weight excluding hydrogens is 250 g/mol. The Kier molecular flexibility index (Phi) is 6.60. The van der Waals surface area contributed by atoms with Gasteiger partial charge in [-0.1, -0.05) is 6.42 Å². The molecule has 0 heterocycles. The molecule has 0 radical (unpaired) electrons. The first kappa shape index (κ1) is 15.9. The Morgan fingerprint density at radius 1 is 1.28 bits per heavy atom. The molecule has 1 rings (SSSR count). The fourth-order valence-electron chi connectivity index (χ4n) is 2.51. The zero-order valence-electron chi connectivity index (χ0n) is 11.8. The van der Waals surface area contributed by atoms with Gasteiger partial charge in [-0.15, -0.1) is 0 Å². The van der Waals surface area contributed by atoms with Crippen LogP contribution in [0.2, 0.25) is 0 Å². The Balaban J connectivity index is 2.15. The van der Waals surface area contributed by atoms with Crippen LogP contribution >= 0.6 is 0 Å². The first-order valence-corrected chi connectivity index (χ1v) is 8.90. The van der Waals surface area contributed by atoms with Gasteiger partial charge in [0.05, 0.1) is 11.4 Å². The summed E-state index contributed by atoms with van der Waals surface area (Å²) in [5.41, 5.74) is 0. The summed E-state index contributed by atoms with van der Waals surface area (Å²) in [5.74, 6) is 0. The van der Waals surface area contributed by atoms with E-state index in [9.17, 15) is 8.42 Å². The molecule has 18 heavy (non-hydrogen) atoms. The van der Waals surface area contributed by atoms with Crippen LogP contribution in [-0.4, -0.2) is 45.2 Å².